The molecule has 0 radical (unpaired) electrons. The molecule has 0 fully saturated rings. The highest BCUT2D eigenvalue weighted by Gasteiger charge is 2.34. The number of carbonyl (C=O) groups is 2. The summed E-state index contributed by atoms with van der Waals surface area (Å²) in [6.07, 6.45) is 3.52. The topological polar surface area (TPSA) is 62.5 Å². The molecule has 1 aliphatic rings. The lowest BCUT2D eigenvalue weighted by molar-refractivity contribution is -0.148. The third-order valence-electron chi connectivity index (χ3n) is 5.68. The van der Waals surface area contributed by atoms with E-state index in [1.807, 2.05) is 55.5 Å². The Bertz CT molecular complexity index is 1060. The third-order valence-corrected chi connectivity index (χ3v) is 5.68. The van der Waals surface area contributed by atoms with Gasteiger partial charge in [-0.1, -0.05) is 74.0 Å². The molecule has 0 bridgehead atoms. The SMILES string of the molecule is CCCCN(C(=O)C(=O)O)c1c(-c2ccccc2)c(-c2ccccc2)c2n1CCC2. The summed E-state index contributed by atoms with van der Waals surface area (Å²) in [5.74, 6) is -1.57. The number of benzene rings is 2. The van der Waals surface area contributed by atoms with E-state index in [0.717, 1.165) is 54.5 Å². The van der Waals surface area contributed by atoms with Gasteiger partial charge in [-0.05, 0) is 30.4 Å². The summed E-state index contributed by atoms with van der Waals surface area (Å²) < 4.78 is 2.17. The molecule has 1 aliphatic heterocycles. The fourth-order valence-electron chi connectivity index (χ4n) is 4.37. The summed E-state index contributed by atoms with van der Waals surface area (Å²) in [5.41, 5.74) is 5.31. The molecule has 0 unspecified atom stereocenters. The first-order valence-corrected chi connectivity index (χ1v) is 10.5. The molecule has 1 N–H and O–H groups in total. The Morgan fingerprint density at radius 3 is 2.13 bits per heavy atom. The van der Waals surface area contributed by atoms with Gasteiger partial charge in [0.25, 0.3) is 0 Å². The van der Waals surface area contributed by atoms with Gasteiger partial charge in [0.05, 0.1) is 0 Å². The number of carboxylic acids is 1. The number of amides is 1. The number of hydrogen-bond donors (Lipinski definition) is 1. The van der Waals surface area contributed by atoms with Gasteiger partial charge in [-0.25, -0.2) is 4.79 Å². The van der Waals surface area contributed by atoms with Crippen LogP contribution < -0.4 is 4.90 Å². The number of fused-ring (bicyclic) bond motifs is 1. The van der Waals surface area contributed by atoms with Gasteiger partial charge in [0, 0.05) is 29.9 Å². The molecule has 0 saturated carbocycles. The Hall–Kier alpha value is -3.34. The zero-order chi connectivity index (χ0) is 21.1. The van der Waals surface area contributed by atoms with Gasteiger partial charge in [-0.3, -0.25) is 9.69 Å². The lowest BCUT2D eigenvalue weighted by Gasteiger charge is -2.24. The normalized spacial score (nSPS) is 12.6. The number of carboxylic acid groups (broad SMARTS) is 1. The van der Waals surface area contributed by atoms with Gasteiger partial charge in [0.2, 0.25) is 0 Å². The number of anilines is 1. The number of unbranched alkanes of at least 4 members (excludes halogenated alkanes) is 1. The fraction of sp³-hybridized carbons (Fsp3) is 0.280. The summed E-state index contributed by atoms with van der Waals surface area (Å²) >= 11 is 0. The number of hydrogen-bond acceptors (Lipinski definition) is 2. The van der Waals surface area contributed by atoms with Crippen LogP contribution in [0, 0.1) is 0 Å². The van der Waals surface area contributed by atoms with Crippen molar-refractivity contribution in [3.8, 4) is 22.3 Å². The molecule has 1 amide bonds. The molecule has 4 rings (SSSR count). The van der Waals surface area contributed by atoms with Crippen molar-refractivity contribution < 1.29 is 14.7 Å². The Morgan fingerprint density at radius 1 is 0.967 bits per heavy atom. The highest BCUT2D eigenvalue weighted by Crippen LogP contribution is 2.47. The molecule has 0 saturated heterocycles. The highest BCUT2D eigenvalue weighted by atomic mass is 16.4. The summed E-state index contributed by atoms with van der Waals surface area (Å²) in [5, 5.41) is 9.55. The maximum Gasteiger partial charge on any atom is 0.395 e. The molecule has 5 heteroatoms. The van der Waals surface area contributed by atoms with Crippen LogP contribution in [-0.2, 0) is 22.6 Å². The number of carbonyl (C=O) groups excluding carboxylic acids is 1. The van der Waals surface area contributed by atoms with Gasteiger partial charge < -0.3 is 9.67 Å². The standard InChI is InChI=1S/C25H26N2O3/c1-2-3-16-27(24(28)25(29)30)23-22(19-13-8-5-9-14-19)21(18-11-6-4-7-12-18)20-15-10-17-26(20)23/h4-9,11-14H,2-3,10,15-17H2,1H3,(H,29,30). The second-order valence-corrected chi connectivity index (χ2v) is 7.62. The van der Waals surface area contributed by atoms with Gasteiger partial charge in [-0.2, -0.15) is 0 Å². The van der Waals surface area contributed by atoms with Crippen LogP contribution in [0.15, 0.2) is 60.7 Å². The van der Waals surface area contributed by atoms with Crippen LogP contribution in [0.3, 0.4) is 0 Å². The van der Waals surface area contributed by atoms with Crippen molar-refractivity contribution in [1.29, 1.82) is 0 Å². The second-order valence-electron chi connectivity index (χ2n) is 7.62. The number of aliphatic carboxylic acids is 1. The minimum absolute atomic E-state index is 0.388. The lowest BCUT2D eigenvalue weighted by Crippen LogP contribution is -2.38. The first-order valence-electron chi connectivity index (χ1n) is 10.5. The predicted octanol–water partition coefficient (Wildman–Crippen LogP) is 4.99. The first kappa shape index (κ1) is 20.0. The van der Waals surface area contributed by atoms with Crippen LogP contribution in [0.4, 0.5) is 5.82 Å². The lowest BCUT2D eigenvalue weighted by atomic mass is 9.94. The van der Waals surface area contributed by atoms with E-state index >= 15 is 0 Å². The van der Waals surface area contributed by atoms with Crippen LogP contribution >= 0.6 is 0 Å². The smallest absolute Gasteiger partial charge is 0.395 e. The molecule has 154 valence electrons. The van der Waals surface area contributed by atoms with Crippen LogP contribution in [-0.4, -0.2) is 28.1 Å². The van der Waals surface area contributed by atoms with Crippen LogP contribution in [0.2, 0.25) is 0 Å². The average Bonchev–Trinajstić information content (AvgIpc) is 3.36. The molecule has 30 heavy (non-hydrogen) atoms. The average molecular weight is 402 g/mol. The van der Waals surface area contributed by atoms with E-state index in [0.29, 0.717) is 12.4 Å². The predicted molar refractivity (Wildman–Crippen MR) is 119 cm³/mol. The summed E-state index contributed by atoms with van der Waals surface area (Å²) in [4.78, 5) is 26.0. The number of rotatable bonds is 6. The molecule has 0 atom stereocenters. The summed E-state index contributed by atoms with van der Waals surface area (Å²) in [6, 6.07) is 20.2. The van der Waals surface area contributed by atoms with E-state index in [-0.39, 0.29) is 0 Å². The van der Waals surface area contributed by atoms with Crippen molar-refractivity contribution in [1.82, 2.24) is 4.57 Å². The van der Waals surface area contributed by atoms with Crippen molar-refractivity contribution in [2.75, 3.05) is 11.4 Å². The summed E-state index contributed by atoms with van der Waals surface area (Å²) in [6.45, 7) is 3.21. The zero-order valence-electron chi connectivity index (χ0n) is 17.2. The Morgan fingerprint density at radius 2 is 1.57 bits per heavy atom. The van der Waals surface area contributed by atoms with Crippen molar-refractivity contribution in [2.45, 2.75) is 39.2 Å². The third kappa shape index (κ3) is 3.52. The van der Waals surface area contributed by atoms with Gasteiger partial charge in [0.1, 0.15) is 5.82 Å². The molecule has 0 aliphatic carbocycles. The molecular weight excluding hydrogens is 376 g/mol. The molecule has 1 aromatic heterocycles. The van der Waals surface area contributed by atoms with Crippen molar-refractivity contribution >= 4 is 17.7 Å². The second kappa shape index (κ2) is 8.57. The molecule has 5 nitrogen and oxygen atoms in total. The maximum absolute atomic E-state index is 12.8. The maximum atomic E-state index is 12.8. The van der Waals surface area contributed by atoms with Crippen LogP contribution in [0.1, 0.15) is 31.9 Å². The number of aromatic nitrogens is 1. The Labute approximate surface area is 176 Å². The van der Waals surface area contributed by atoms with Gasteiger partial charge in [0.15, 0.2) is 0 Å². The molecule has 2 heterocycles. The van der Waals surface area contributed by atoms with E-state index in [4.69, 9.17) is 0 Å². The van der Waals surface area contributed by atoms with E-state index in [9.17, 15) is 14.7 Å². The zero-order valence-corrected chi connectivity index (χ0v) is 17.2. The van der Waals surface area contributed by atoms with Gasteiger partial charge in [-0.15, -0.1) is 0 Å². The van der Waals surface area contributed by atoms with Crippen LogP contribution in [0.5, 0.6) is 0 Å². The fourth-order valence-corrected chi connectivity index (χ4v) is 4.37. The van der Waals surface area contributed by atoms with Crippen molar-refractivity contribution in [3.05, 3.63) is 66.4 Å². The molecule has 2 aromatic carbocycles. The van der Waals surface area contributed by atoms with E-state index in [2.05, 4.69) is 16.7 Å². The molecule has 0 spiro atoms. The van der Waals surface area contributed by atoms with Gasteiger partial charge >= 0.3 is 11.9 Å². The van der Waals surface area contributed by atoms with Crippen LogP contribution in [0.25, 0.3) is 22.3 Å². The monoisotopic (exact) mass is 402 g/mol. The first-order chi connectivity index (χ1) is 14.6. The minimum atomic E-state index is -1.42. The Balaban J connectivity index is 2.02. The highest BCUT2D eigenvalue weighted by molar-refractivity contribution is 6.37. The van der Waals surface area contributed by atoms with E-state index in [1.54, 1.807) is 0 Å². The van der Waals surface area contributed by atoms with E-state index in [1.165, 1.54) is 10.6 Å². The minimum Gasteiger partial charge on any atom is -0.474 e. The Kier molecular flexibility index (Phi) is 5.70. The number of nitrogens with zero attached hydrogens (tertiary/aromatic N) is 2. The quantitative estimate of drug-likeness (QED) is 0.591. The summed E-state index contributed by atoms with van der Waals surface area (Å²) in [7, 11) is 0. The van der Waals surface area contributed by atoms with Crippen molar-refractivity contribution in [3.63, 3.8) is 0 Å². The van der Waals surface area contributed by atoms with Crippen molar-refractivity contribution in [2.24, 2.45) is 0 Å². The molecule has 3 aromatic rings. The molecular formula is C25H26N2O3. The largest absolute Gasteiger partial charge is 0.474 e. The van der Waals surface area contributed by atoms with E-state index < -0.39 is 11.9 Å².